The SMILES string of the molecule is COc1ccc(C=C2SC(=S)NC2=O)cc1[N+](=O)[O-]. The fourth-order valence-corrected chi connectivity index (χ4v) is 2.56. The van der Waals surface area contributed by atoms with E-state index in [0.717, 1.165) is 11.8 Å². The number of nitrogens with one attached hydrogen (secondary N) is 1. The van der Waals surface area contributed by atoms with Crippen LogP contribution < -0.4 is 10.1 Å². The molecule has 8 heteroatoms. The number of nitrogens with zero attached hydrogens (tertiary/aromatic N) is 1. The van der Waals surface area contributed by atoms with Gasteiger partial charge in [0.25, 0.3) is 5.91 Å². The van der Waals surface area contributed by atoms with Gasteiger partial charge in [0.15, 0.2) is 5.75 Å². The topological polar surface area (TPSA) is 81.5 Å². The molecule has 1 aromatic carbocycles. The van der Waals surface area contributed by atoms with E-state index in [0.29, 0.717) is 14.8 Å². The summed E-state index contributed by atoms with van der Waals surface area (Å²) in [4.78, 5) is 22.2. The molecule has 0 radical (unpaired) electrons. The Morgan fingerprint density at radius 2 is 2.26 bits per heavy atom. The number of carbonyl (C=O) groups excluding carboxylic acids is 1. The van der Waals surface area contributed by atoms with Crippen LogP contribution >= 0.6 is 24.0 Å². The van der Waals surface area contributed by atoms with E-state index in [2.05, 4.69) is 5.32 Å². The molecule has 1 aliphatic heterocycles. The summed E-state index contributed by atoms with van der Waals surface area (Å²) in [5.41, 5.74) is 0.387. The van der Waals surface area contributed by atoms with Crippen LogP contribution in [0.5, 0.6) is 5.75 Å². The summed E-state index contributed by atoms with van der Waals surface area (Å²) in [5, 5.41) is 13.4. The van der Waals surface area contributed by atoms with Crippen molar-refractivity contribution in [2.24, 2.45) is 0 Å². The maximum atomic E-state index is 11.5. The van der Waals surface area contributed by atoms with Crippen LogP contribution in [0.25, 0.3) is 6.08 Å². The number of nitro benzene ring substituents is 1. The van der Waals surface area contributed by atoms with Gasteiger partial charge in [-0.1, -0.05) is 30.0 Å². The first-order valence-corrected chi connectivity index (χ1v) is 6.31. The minimum absolute atomic E-state index is 0.150. The summed E-state index contributed by atoms with van der Waals surface area (Å²) < 4.78 is 5.28. The lowest BCUT2D eigenvalue weighted by atomic mass is 10.1. The molecule has 0 aliphatic carbocycles. The van der Waals surface area contributed by atoms with E-state index in [1.54, 1.807) is 12.1 Å². The molecule has 1 N–H and O–H groups in total. The van der Waals surface area contributed by atoms with E-state index in [1.807, 2.05) is 0 Å². The van der Waals surface area contributed by atoms with E-state index in [-0.39, 0.29) is 17.3 Å². The molecular weight excluding hydrogens is 288 g/mol. The quantitative estimate of drug-likeness (QED) is 0.398. The second kappa shape index (κ2) is 5.37. The second-order valence-electron chi connectivity index (χ2n) is 3.54. The lowest BCUT2D eigenvalue weighted by molar-refractivity contribution is -0.385. The Hall–Kier alpha value is -1.93. The van der Waals surface area contributed by atoms with Crippen molar-refractivity contribution in [1.29, 1.82) is 0 Å². The molecule has 6 nitrogen and oxygen atoms in total. The highest BCUT2D eigenvalue weighted by Crippen LogP contribution is 2.31. The molecule has 0 aromatic heterocycles. The largest absolute Gasteiger partial charge is 0.490 e. The Morgan fingerprint density at radius 3 is 2.79 bits per heavy atom. The first-order valence-electron chi connectivity index (χ1n) is 5.08. The van der Waals surface area contributed by atoms with Gasteiger partial charge >= 0.3 is 5.69 Å². The Morgan fingerprint density at radius 1 is 1.53 bits per heavy atom. The van der Waals surface area contributed by atoms with Gasteiger partial charge in [0.1, 0.15) is 4.32 Å². The summed E-state index contributed by atoms with van der Waals surface area (Å²) in [7, 11) is 1.36. The van der Waals surface area contributed by atoms with Crippen molar-refractivity contribution in [3.63, 3.8) is 0 Å². The third-order valence-corrected chi connectivity index (χ3v) is 3.50. The van der Waals surface area contributed by atoms with Gasteiger partial charge in [-0.3, -0.25) is 14.9 Å². The molecule has 1 aromatic rings. The molecule has 0 bridgehead atoms. The van der Waals surface area contributed by atoms with E-state index in [4.69, 9.17) is 17.0 Å². The number of thioether (sulfide) groups is 1. The zero-order valence-electron chi connectivity index (χ0n) is 9.71. The van der Waals surface area contributed by atoms with Gasteiger partial charge < -0.3 is 10.1 Å². The van der Waals surface area contributed by atoms with Gasteiger partial charge in [-0.05, 0) is 17.7 Å². The second-order valence-corrected chi connectivity index (χ2v) is 5.26. The van der Waals surface area contributed by atoms with Gasteiger partial charge in [-0.2, -0.15) is 0 Å². The van der Waals surface area contributed by atoms with E-state index < -0.39 is 4.92 Å². The van der Waals surface area contributed by atoms with Gasteiger partial charge in [-0.15, -0.1) is 0 Å². The highest BCUT2D eigenvalue weighted by molar-refractivity contribution is 8.26. The van der Waals surface area contributed by atoms with Crippen molar-refractivity contribution < 1.29 is 14.5 Å². The average molecular weight is 296 g/mol. The van der Waals surface area contributed by atoms with Crippen LogP contribution in [0.4, 0.5) is 5.69 Å². The van der Waals surface area contributed by atoms with Crippen LogP contribution in [0.1, 0.15) is 5.56 Å². The molecule has 98 valence electrons. The summed E-state index contributed by atoms with van der Waals surface area (Å²) in [6.45, 7) is 0. The van der Waals surface area contributed by atoms with Gasteiger partial charge in [0.05, 0.1) is 16.9 Å². The maximum absolute atomic E-state index is 11.5. The lowest BCUT2D eigenvalue weighted by Gasteiger charge is -2.02. The Bertz CT molecular complexity index is 613. The molecule has 1 aliphatic rings. The Kier molecular flexibility index (Phi) is 3.82. The molecule has 19 heavy (non-hydrogen) atoms. The van der Waals surface area contributed by atoms with Crippen LogP contribution in [0, 0.1) is 10.1 Å². The molecule has 1 fully saturated rings. The minimum Gasteiger partial charge on any atom is -0.490 e. The van der Waals surface area contributed by atoms with E-state index >= 15 is 0 Å². The fourth-order valence-electron chi connectivity index (χ4n) is 1.51. The highest BCUT2D eigenvalue weighted by atomic mass is 32.2. The number of hydrogen-bond donors (Lipinski definition) is 1. The summed E-state index contributed by atoms with van der Waals surface area (Å²) in [6.07, 6.45) is 1.55. The number of carbonyl (C=O) groups is 1. The number of ether oxygens (including phenoxy) is 1. The van der Waals surface area contributed by atoms with Crippen LogP contribution in [0.3, 0.4) is 0 Å². The molecule has 1 heterocycles. The van der Waals surface area contributed by atoms with Gasteiger partial charge in [-0.25, -0.2) is 0 Å². The van der Waals surface area contributed by atoms with Gasteiger partial charge in [0.2, 0.25) is 0 Å². The first kappa shape index (κ1) is 13.5. The van der Waals surface area contributed by atoms with Crippen molar-refractivity contribution in [1.82, 2.24) is 5.32 Å². The number of methoxy groups -OCH3 is 1. The van der Waals surface area contributed by atoms with Crippen molar-refractivity contribution in [2.45, 2.75) is 0 Å². The predicted molar refractivity (Wildman–Crippen MR) is 76.0 cm³/mol. The average Bonchev–Trinajstić information content (AvgIpc) is 2.67. The van der Waals surface area contributed by atoms with Crippen LogP contribution in [0.2, 0.25) is 0 Å². The Labute approximate surface area is 118 Å². The first-order chi connectivity index (χ1) is 9.01. The van der Waals surface area contributed by atoms with Crippen LogP contribution in [0.15, 0.2) is 23.1 Å². The van der Waals surface area contributed by atoms with Crippen molar-refractivity contribution in [3.05, 3.63) is 38.8 Å². The van der Waals surface area contributed by atoms with Crippen LogP contribution in [-0.4, -0.2) is 22.3 Å². The standard InChI is InChI=1S/C11H8N2O4S2/c1-17-8-3-2-6(4-7(8)13(15)16)5-9-10(14)12-11(18)19-9/h2-5H,1H3,(H,12,14,18). The highest BCUT2D eigenvalue weighted by Gasteiger charge is 2.22. The third kappa shape index (κ3) is 2.91. The molecular formula is C11H8N2O4S2. The monoisotopic (exact) mass is 296 g/mol. The zero-order chi connectivity index (χ0) is 14.0. The summed E-state index contributed by atoms with van der Waals surface area (Å²) in [6, 6.07) is 4.47. The lowest BCUT2D eigenvalue weighted by Crippen LogP contribution is -2.17. The number of nitro groups is 1. The van der Waals surface area contributed by atoms with Crippen molar-refractivity contribution >= 4 is 46.0 Å². The minimum atomic E-state index is -0.534. The van der Waals surface area contributed by atoms with Crippen LogP contribution in [-0.2, 0) is 4.79 Å². The number of hydrogen-bond acceptors (Lipinski definition) is 6. The third-order valence-electron chi connectivity index (χ3n) is 2.34. The predicted octanol–water partition coefficient (Wildman–Crippen LogP) is 2.09. The van der Waals surface area contributed by atoms with Crippen molar-refractivity contribution in [2.75, 3.05) is 7.11 Å². The number of thiocarbonyl (C=S) groups is 1. The molecule has 1 amide bonds. The number of amides is 1. The van der Waals surface area contributed by atoms with Gasteiger partial charge in [0, 0.05) is 6.07 Å². The molecule has 0 unspecified atom stereocenters. The smallest absolute Gasteiger partial charge is 0.311 e. The summed E-state index contributed by atoms with van der Waals surface area (Å²) in [5.74, 6) is -0.125. The molecule has 1 saturated heterocycles. The van der Waals surface area contributed by atoms with Crippen molar-refractivity contribution in [3.8, 4) is 5.75 Å². The molecule has 0 saturated carbocycles. The van der Waals surface area contributed by atoms with E-state index in [9.17, 15) is 14.9 Å². The van der Waals surface area contributed by atoms with E-state index in [1.165, 1.54) is 19.2 Å². The maximum Gasteiger partial charge on any atom is 0.311 e. The fraction of sp³-hybridized carbons (Fsp3) is 0.0909. The zero-order valence-corrected chi connectivity index (χ0v) is 11.3. The normalized spacial score (nSPS) is 16.6. The number of benzene rings is 1. The number of rotatable bonds is 3. The molecule has 0 spiro atoms. The molecule has 0 atom stereocenters. The molecule has 2 rings (SSSR count). The Balaban J connectivity index is 2.39. The summed E-state index contributed by atoms with van der Waals surface area (Å²) >= 11 is 5.98.